The van der Waals surface area contributed by atoms with E-state index in [2.05, 4.69) is 95.2 Å². The van der Waals surface area contributed by atoms with Crippen LogP contribution < -0.4 is 36.0 Å². The Kier molecular flexibility index (Phi) is 49.0. The average molecular weight is 2340 g/mol. The van der Waals surface area contributed by atoms with Gasteiger partial charge < -0.3 is 97.7 Å². The molecule has 0 aromatic carbocycles. The lowest BCUT2D eigenvalue weighted by Gasteiger charge is -2.69. The number of aliphatic hydroxyl groups is 4. The molecule has 0 spiro atoms. The molecule has 0 aliphatic carbocycles. The molecule has 0 radical (unpaired) electrons. The van der Waals surface area contributed by atoms with Crippen LogP contribution in [0.4, 0.5) is 0 Å². The molecule has 19 aliphatic heterocycles. The fourth-order valence-corrected chi connectivity index (χ4v) is 35.9. The van der Waals surface area contributed by atoms with Crippen molar-refractivity contribution in [1.29, 1.82) is 0 Å². The minimum absolute atomic E-state index is 0.136. The van der Waals surface area contributed by atoms with E-state index in [1.54, 1.807) is 25.2 Å². The Labute approximate surface area is 893 Å². The molecule has 19 rings (SSSR count). The second kappa shape index (κ2) is 58.0. The number of carbonyl (C=O) groups is 4. The van der Waals surface area contributed by atoms with E-state index in [1.165, 1.54) is 195 Å². The second-order valence-electron chi connectivity index (χ2n) is 43.6. The standard InChI is InChI=1S/C28H53N4O8P.2C16H32N4O2P.C12H22N4.C10H24N4.C6H10O8.C4H10BrO2P.C4H7IO2/c1-6-37-24(33)20-29-12-10-13-30(21-25(34)38-7-2)18-19-32(23-41(5,36)40-9-4)15-11-14-31(17-16-29,28(32)27(29)30)22-26(35)39-8-3;2*1-3-22-23(2,21)14-20-12-5-8-19-10-9-17-6-4-7-18(11-13-20)15(17)16(19)20;1-3-13-7-9-15-5-2-6-16-10-8-14(4-1)11(13)12(15)16;1-3-11-7-9-13-5-2-6-14-10-8-12-4-1;7-1-2(8)12-6-5(11-1)13-3(9)4(10)14-6;1-3-7-8(2,6)4-5;1-2-7-4(6)3-5/h27-28H,6-23H2,1-5H3;2*15-16H,3-14H2,1-2H3;11-12H,1-10H2;11-14H,1-10H2;1-10H;3-4H2,1-2H3;2-3H2,1H3/q+4;2*+1;;;;;/p+3. The monoisotopic (exact) mass is 2340 g/mol. The zero-order valence-corrected chi connectivity index (χ0v) is 97.9. The molecular weight excluding hydrogens is 2150 g/mol. The van der Waals surface area contributed by atoms with Gasteiger partial charge in [-0.1, -0.05) is 38.5 Å². The minimum atomic E-state index is -2.98. The topological polar surface area (TPSA) is 412 Å². The van der Waals surface area contributed by atoms with Gasteiger partial charge in [-0.3, -0.25) is 85.5 Å². The van der Waals surface area contributed by atoms with Gasteiger partial charge in [0.2, 0.25) is 45.1 Å². The first-order valence-corrected chi connectivity index (χ1v) is 67.3. The van der Waals surface area contributed by atoms with E-state index in [0.717, 1.165) is 151 Å². The van der Waals surface area contributed by atoms with Crippen LogP contribution in [0.1, 0.15) is 120 Å². The lowest BCUT2D eigenvalue weighted by atomic mass is 9.89. The summed E-state index contributed by atoms with van der Waals surface area (Å²) in [5, 5.41) is 50.1. The van der Waals surface area contributed by atoms with Crippen molar-refractivity contribution in [1.82, 2.24) is 55.6 Å². The Balaban J connectivity index is 0.000000157. The molecule has 19 heterocycles. The van der Waals surface area contributed by atoms with Crippen LogP contribution in [0.5, 0.6) is 0 Å². The van der Waals surface area contributed by atoms with E-state index in [9.17, 15) is 37.4 Å². The zero-order chi connectivity index (χ0) is 105. The summed E-state index contributed by atoms with van der Waals surface area (Å²) < 4.78 is 118. The third-order valence-corrected chi connectivity index (χ3v) is 43.7. The number of nitrogens with zero attached hydrogens (tertiary/aromatic N) is 13. The average Bonchev–Trinajstić information content (AvgIpc) is 0.669. The zero-order valence-electron chi connectivity index (χ0n) is 90.6. The number of quaternary nitrogens is 9. The van der Waals surface area contributed by atoms with Crippen molar-refractivity contribution in [2.75, 3.05) is 389 Å². The Morgan fingerprint density at radius 1 is 0.336 bits per heavy atom. The number of halogens is 2. The lowest BCUT2D eigenvalue weighted by molar-refractivity contribution is -1.28. The summed E-state index contributed by atoms with van der Waals surface area (Å²) in [7, 11) is -10.2. The van der Waals surface area contributed by atoms with E-state index in [0.29, 0.717) is 125 Å². The summed E-state index contributed by atoms with van der Waals surface area (Å²) in [6, 6.07) is 0. The Morgan fingerprint density at radius 2 is 0.664 bits per heavy atom. The van der Waals surface area contributed by atoms with E-state index in [-0.39, 0.29) is 55.8 Å². The molecular formula is C96H193BrIN20O24P4+9. The first-order valence-electron chi connectivity index (χ1n) is 55.6. The number of esters is 4. The number of rotatable bonds is 26. The number of ether oxygens (including phenoxy) is 8. The van der Waals surface area contributed by atoms with Gasteiger partial charge in [-0.15, -0.1) is 0 Å². The van der Waals surface area contributed by atoms with E-state index >= 15 is 0 Å². The maximum absolute atomic E-state index is 13.9. The summed E-state index contributed by atoms with van der Waals surface area (Å²) in [4.78, 5) is 74.4. The first kappa shape index (κ1) is 123. The second-order valence-corrected chi connectivity index (χ2v) is 56.1. The van der Waals surface area contributed by atoms with Crippen LogP contribution >= 0.6 is 68.0 Å². The fraction of sp³-hybridized carbons (Fsp3) is 0.958. The van der Waals surface area contributed by atoms with Gasteiger partial charge in [0.15, 0.2) is 44.7 Å². The van der Waals surface area contributed by atoms with Crippen LogP contribution in [0.25, 0.3) is 0 Å². The number of aliphatic hydroxyl groups excluding tert-OH is 4. The van der Waals surface area contributed by atoms with Crippen LogP contribution in [0, 0.1) is 0 Å². The summed E-state index contributed by atoms with van der Waals surface area (Å²) in [6.07, 6.45) is 8.92. The number of nitrogens with one attached hydrogen (secondary N) is 7. The molecule has 0 aromatic heterocycles. The molecule has 23 atom stereocenters. The number of piperazine rings is 8. The van der Waals surface area contributed by atoms with Gasteiger partial charge in [0.1, 0.15) is 58.5 Å². The summed E-state index contributed by atoms with van der Waals surface area (Å²) >= 11 is 5.05. The maximum atomic E-state index is 13.9. The third-order valence-electron chi connectivity index (χ3n) is 33.4. The van der Waals surface area contributed by atoms with Crippen molar-refractivity contribution in [3.8, 4) is 0 Å². The number of fused-ring (bicyclic) bond motifs is 1. The number of hydrogen-bond donors (Lipinski definition) is 11. The number of alkyl halides is 2. The molecule has 44 nitrogen and oxygen atoms in total. The quantitative estimate of drug-likeness (QED) is 0.0116. The Bertz CT molecular complexity index is 3960. The Morgan fingerprint density at radius 3 is 1.06 bits per heavy atom. The molecule has 19 saturated heterocycles. The predicted molar refractivity (Wildman–Crippen MR) is 566 cm³/mol. The summed E-state index contributed by atoms with van der Waals surface area (Å²) in [6.45, 7) is 71.5. The van der Waals surface area contributed by atoms with Crippen molar-refractivity contribution < 1.29 is 155 Å². The van der Waals surface area contributed by atoms with Gasteiger partial charge in [-0.2, -0.15) is 0 Å². The molecule has 11 N–H and O–H groups in total. The van der Waals surface area contributed by atoms with Gasteiger partial charge >= 0.3 is 48.5 Å². The molecule has 19 aliphatic rings. The molecule has 0 amide bonds. The number of hydrogen-bond acceptors (Lipinski definition) is 35. The third kappa shape index (κ3) is 32.1. The lowest BCUT2D eigenvalue weighted by Crippen LogP contribution is -3.49. The van der Waals surface area contributed by atoms with Crippen molar-refractivity contribution >= 4 is 91.9 Å². The van der Waals surface area contributed by atoms with Crippen molar-refractivity contribution in [3.05, 3.63) is 0 Å². The van der Waals surface area contributed by atoms with Gasteiger partial charge in [-0.25, -0.2) is 27.8 Å². The molecule has 846 valence electrons. The van der Waals surface area contributed by atoms with Crippen LogP contribution in [0.15, 0.2) is 0 Å². The highest BCUT2D eigenvalue weighted by Crippen LogP contribution is 2.56. The fourth-order valence-electron chi connectivity index (χ4n) is 28.3. The normalized spacial score (nSPS) is 38.1. The first-order chi connectivity index (χ1) is 70.0. The largest absolute Gasteiger partial charge is 0.465 e. The van der Waals surface area contributed by atoms with Crippen LogP contribution in [-0.4, -0.2) is 582 Å². The predicted octanol–water partition coefficient (Wildman–Crippen LogP) is -1.63. The molecule has 0 bridgehead atoms. The van der Waals surface area contributed by atoms with Gasteiger partial charge in [0.25, 0.3) is 22.1 Å². The van der Waals surface area contributed by atoms with E-state index in [4.69, 9.17) is 52.7 Å². The van der Waals surface area contributed by atoms with Crippen LogP contribution in [-0.2, 0) is 93.4 Å². The van der Waals surface area contributed by atoms with Crippen LogP contribution in [0.2, 0.25) is 0 Å². The van der Waals surface area contributed by atoms with Gasteiger partial charge in [0, 0.05) is 177 Å². The van der Waals surface area contributed by atoms with Gasteiger partial charge in [-0.05, 0) is 114 Å². The van der Waals surface area contributed by atoms with Crippen molar-refractivity contribution in [2.24, 2.45) is 0 Å². The summed E-state index contributed by atoms with van der Waals surface area (Å²) in [5.41, 5.74) is 0. The van der Waals surface area contributed by atoms with Gasteiger partial charge in [0.05, 0.1) is 140 Å². The van der Waals surface area contributed by atoms with E-state index in [1.807, 2.05) is 94.2 Å². The Hall–Kier alpha value is -1.27. The molecule has 0 aromatic rings. The van der Waals surface area contributed by atoms with E-state index < -0.39 is 67.2 Å². The summed E-state index contributed by atoms with van der Waals surface area (Å²) in [5.74, 6) is -0.830. The number of carbonyl (C=O) groups excluding carboxylic acids is 4. The van der Waals surface area contributed by atoms with Crippen molar-refractivity contribution in [2.45, 2.75) is 207 Å². The maximum Gasteiger partial charge on any atom is 0.361 e. The smallest absolute Gasteiger partial charge is 0.361 e. The van der Waals surface area contributed by atoms with Crippen molar-refractivity contribution in [3.63, 3.8) is 0 Å². The van der Waals surface area contributed by atoms with Crippen LogP contribution in [0.3, 0.4) is 0 Å². The SMILES string of the molecule is C1CN2CCN3CCCN4CCN(C1)C2C34.C1CNCCNCCCNCCNC1.CCOC(=O)CI.CCOC(=O)C[N+]12CCC[N+]3(CC(=O)OCC)CC[N+]4(CP(C)(=O)OCC)CCC[N+](CC(=O)OCC)(CC1)C4C23.CCOP(C)(=O)CBr.CCOP(C)(=O)C[N+]12CCCN3CCN4CCCN(CC1)C4C32.CCOP(C)(=O)C[N+]12CCC[NH+]3CC[NH+]4CCC[NH+](CC1)C4C32.OC1OC2OC(O)C(O)OC2OC1O. The molecule has 23 unspecified atom stereocenters. The highest BCUT2D eigenvalue weighted by Gasteiger charge is 2.79. The molecule has 50 heteroatoms. The molecule has 146 heavy (non-hydrogen) atoms. The highest BCUT2D eigenvalue weighted by atomic mass is 127. The molecule has 19 fully saturated rings. The highest BCUT2D eigenvalue weighted by molar-refractivity contribution is 14.1. The molecule has 0 saturated carbocycles. The minimum Gasteiger partial charge on any atom is -0.465 e.